The second kappa shape index (κ2) is 7.70. The summed E-state index contributed by atoms with van der Waals surface area (Å²) in [7, 11) is 2.63. The number of rotatable bonds is 6. The molecule has 0 heterocycles. The van der Waals surface area contributed by atoms with E-state index in [9.17, 15) is 9.59 Å². The lowest BCUT2D eigenvalue weighted by molar-refractivity contribution is -0.147. The Kier molecular flexibility index (Phi) is 5.97. The second-order valence-electron chi connectivity index (χ2n) is 4.12. The molecule has 1 aromatic rings. The smallest absolute Gasteiger partial charge is 0.337 e. The Balaban J connectivity index is 3.45. The molecule has 8 nitrogen and oxygen atoms in total. The number of ether oxygens (including phenoxy) is 3. The fraction of sp³-hybridized carbons (Fsp3) is 0.286. The normalized spacial score (nSPS) is 10.9. The van der Waals surface area contributed by atoms with Gasteiger partial charge in [0.2, 0.25) is 0 Å². The zero-order valence-corrected chi connectivity index (χ0v) is 12.4. The third kappa shape index (κ3) is 4.00. The van der Waals surface area contributed by atoms with Gasteiger partial charge in [-0.25, -0.2) is 4.79 Å². The second-order valence-corrected chi connectivity index (χ2v) is 4.12. The number of benzene rings is 1. The largest absolute Gasteiger partial charge is 0.497 e. The van der Waals surface area contributed by atoms with E-state index in [0.717, 1.165) is 0 Å². The molecule has 0 saturated heterocycles. The number of methoxy groups -OCH3 is 2. The van der Waals surface area contributed by atoms with E-state index >= 15 is 0 Å². The number of carbonyl (C=O) groups is 2. The predicted octanol–water partition coefficient (Wildman–Crippen LogP) is 2.97. The number of hydrogen-bond donors (Lipinski definition) is 0. The molecule has 1 rings (SSSR count). The average Bonchev–Trinajstić information content (AvgIpc) is 2.51. The van der Waals surface area contributed by atoms with Crippen molar-refractivity contribution in [2.24, 2.45) is 5.11 Å². The highest BCUT2D eigenvalue weighted by Crippen LogP contribution is 2.36. The minimum atomic E-state index is -1.15. The highest BCUT2D eigenvalue weighted by atomic mass is 16.6. The van der Waals surface area contributed by atoms with Gasteiger partial charge < -0.3 is 14.2 Å². The van der Waals surface area contributed by atoms with Crippen LogP contribution in [0.1, 0.15) is 18.6 Å². The van der Waals surface area contributed by atoms with Crippen molar-refractivity contribution in [3.8, 4) is 5.75 Å². The van der Waals surface area contributed by atoms with E-state index in [1.807, 2.05) is 0 Å². The zero-order chi connectivity index (χ0) is 16.7. The SMILES string of the molecule is C=C(C(=O)OC)C(OC(C)=O)c1cc(OC)ccc1N=[N+]=[N-]. The minimum absolute atomic E-state index is 0.111. The van der Waals surface area contributed by atoms with Gasteiger partial charge in [-0.2, -0.15) is 0 Å². The molecule has 0 fully saturated rings. The van der Waals surface area contributed by atoms with Crippen LogP contribution in [0.2, 0.25) is 0 Å². The van der Waals surface area contributed by atoms with E-state index in [4.69, 9.17) is 15.0 Å². The van der Waals surface area contributed by atoms with Crippen LogP contribution >= 0.6 is 0 Å². The molecule has 0 aromatic heterocycles. The highest BCUT2D eigenvalue weighted by molar-refractivity contribution is 5.90. The maximum Gasteiger partial charge on any atom is 0.337 e. The summed E-state index contributed by atoms with van der Waals surface area (Å²) >= 11 is 0. The van der Waals surface area contributed by atoms with Crippen molar-refractivity contribution in [1.82, 2.24) is 0 Å². The molecule has 0 saturated carbocycles. The minimum Gasteiger partial charge on any atom is -0.497 e. The Hall–Kier alpha value is -2.99. The first-order chi connectivity index (χ1) is 10.4. The van der Waals surface area contributed by atoms with Gasteiger partial charge in [-0.15, -0.1) is 0 Å². The van der Waals surface area contributed by atoms with Crippen LogP contribution in [0.4, 0.5) is 5.69 Å². The van der Waals surface area contributed by atoms with Gasteiger partial charge in [-0.1, -0.05) is 11.7 Å². The molecule has 0 radical (unpaired) electrons. The molecule has 0 aliphatic heterocycles. The first-order valence-corrected chi connectivity index (χ1v) is 6.12. The summed E-state index contributed by atoms with van der Waals surface area (Å²) in [5.41, 5.74) is 8.97. The van der Waals surface area contributed by atoms with Crippen molar-refractivity contribution in [3.05, 3.63) is 46.4 Å². The van der Waals surface area contributed by atoms with Crippen molar-refractivity contribution in [2.45, 2.75) is 13.0 Å². The van der Waals surface area contributed by atoms with E-state index in [-0.39, 0.29) is 16.8 Å². The molecule has 1 unspecified atom stereocenters. The lowest BCUT2D eigenvalue weighted by Gasteiger charge is -2.20. The summed E-state index contributed by atoms with van der Waals surface area (Å²) in [5, 5.41) is 3.52. The fourth-order valence-corrected chi connectivity index (χ4v) is 1.74. The monoisotopic (exact) mass is 305 g/mol. The van der Waals surface area contributed by atoms with Crippen molar-refractivity contribution < 1.29 is 23.8 Å². The van der Waals surface area contributed by atoms with Gasteiger partial charge in [-0.3, -0.25) is 4.79 Å². The average molecular weight is 305 g/mol. The van der Waals surface area contributed by atoms with Gasteiger partial charge in [-0.05, 0) is 23.7 Å². The number of hydrogen-bond acceptors (Lipinski definition) is 6. The van der Waals surface area contributed by atoms with Crippen LogP contribution < -0.4 is 4.74 Å². The van der Waals surface area contributed by atoms with Gasteiger partial charge >= 0.3 is 11.9 Å². The van der Waals surface area contributed by atoms with E-state index in [0.29, 0.717) is 5.75 Å². The zero-order valence-electron chi connectivity index (χ0n) is 12.4. The van der Waals surface area contributed by atoms with E-state index in [1.54, 1.807) is 6.07 Å². The summed E-state index contributed by atoms with van der Waals surface area (Å²) in [6, 6.07) is 4.54. The lowest BCUT2D eigenvalue weighted by Crippen LogP contribution is -2.17. The number of esters is 2. The van der Waals surface area contributed by atoms with Crippen molar-refractivity contribution in [3.63, 3.8) is 0 Å². The molecule has 116 valence electrons. The summed E-state index contributed by atoms with van der Waals surface area (Å²) in [5.74, 6) is -0.951. The van der Waals surface area contributed by atoms with Crippen molar-refractivity contribution in [2.75, 3.05) is 14.2 Å². The summed E-state index contributed by atoms with van der Waals surface area (Å²) in [4.78, 5) is 25.7. The van der Waals surface area contributed by atoms with Crippen LogP contribution in [0.25, 0.3) is 10.4 Å². The van der Waals surface area contributed by atoms with Crippen LogP contribution in [0.5, 0.6) is 5.75 Å². The van der Waals surface area contributed by atoms with Gasteiger partial charge in [0.15, 0.2) is 6.10 Å². The topological polar surface area (TPSA) is 111 Å². The first-order valence-electron chi connectivity index (χ1n) is 6.12. The third-order valence-corrected chi connectivity index (χ3v) is 2.72. The highest BCUT2D eigenvalue weighted by Gasteiger charge is 2.27. The first kappa shape index (κ1) is 17.1. The molecule has 0 N–H and O–H groups in total. The third-order valence-electron chi connectivity index (χ3n) is 2.72. The quantitative estimate of drug-likeness (QED) is 0.264. The molecule has 0 aliphatic rings. The van der Waals surface area contributed by atoms with Crippen LogP contribution in [0.3, 0.4) is 0 Å². The maximum absolute atomic E-state index is 11.7. The number of carbonyl (C=O) groups excluding carboxylic acids is 2. The Morgan fingerprint density at radius 2 is 2.05 bits per heavy atom. The van der Waals surface area contributed by atoms with Crippen molar-refractivity contribution in [1.29, 1.82) is 0 Å². The van der Waals surface area contributed by atoms with Gasteiger partial charge in [0.25, 0.3) is 0 Å². The van der Waals surface area contributed by atoms with Crippen LogP contribution in [-0.4, -0.2) is 26.2 Å². The Bertz CT molecular complexity index is 650. The Morgan fingerprint density at radius 1 is 1.36 bits per heavy atom. The molecular formula is C14H15N3O5. The fourth-order valence-electron chi connectivity index (χ4n) is 1.74. The molecule has 1 aromatic carbocycles. The van der Waals surface area contributed by atoms with Gasteiger partial charge in [0.05, 0.1) is 19.8 Å². The Labute approximate surface area is 126 Å². The van der Waals surface area contributed by atoms with E-state index < -0.39 is 18.0 Å². The summed E-state index contributed by atoms with van der Waals surface area (Å²) in [6.45, 7) is 4.77. The van der Waals surface area contributed by atoms with Crippen LogP contribution in [-0.2, 0) is 19.1 Å². The van der Waals surface area contributed by atoms with Crippen LogP contribution in [0.15, 0.2) is 35.5 Å². The maximum atomic E-state index is 11.7. The molecule has 22 heavy (non-hydrogen) atoms. The molecular weight excluding hydrogens is 290 g/mol. The van der Waals surface area contributed by atoms with Gasteiger partial charge in [0, 0.05) is 23.1 Å². The van der Waals surface area contributed by atoms with E-state index in [1.165, 1.54) is 33.3 Å². The van der Waals surface area contributed by atoms with Crippen LogP contribution in [0, 0.1) is 0 Å². The Morgan fingerprint density at radius 3 is 2.55 bits per heavy atom. The number of nitrogens with zero attached hydrogens (tertiary/aromatic N) is 3. The van der Waals surface area contributed by atoms with Crippen molar-refractivity contribution >= 4 is 17.6 Å². The summed E-state index contributed by atoms with van der Waals surface area (Å²) < 4.78 is 14.8. The standard InChI is InChI=1S/C14H15N3O5/c1-8(14(19)21-4)13(22-9(2)18)11-7-10(20-3)5-6-12(11)16-17-15/h5-7,13H,1H2,2-4H3. The lowest BCUT2D eigenvalue weighted by atomic mass is 10.0. The molecule has 0 bridgehead atoms. The predicted molar refractivity (Wildman–Crippen MR) is 77.5 cm³/mol. The molecule has 1 atom stereocenters. The molecule has 0 amide bonds. The number of azide groups is 1. The molecule has 0 aliphatic carbocycles. The summed E-state index contributed by atoms with van der Waals surface area (Å²) in [6.07, 6.45) is -1.15. The molecule has 0 spiro atoms. The molecule has 8 heteroatoms. The van der Waals surface area contributed by atoms with E-state index in [2.05, 4.69) is 21.3 Å². The van der Waals surface area contributed by atoms with Gasteiger partial charge in [0.1, 0.15) is 5.75 Å².